The van der Waals surface area contributed by atoms with Crippen LogP contribution in [0.25, 0.3) is 0 Å². The number of halogens is 2. The fourth-order valence-electron chi connectivity index (χ4n) is 1.50. The quantitative estimate of drug-likeness (QED) is 0.864. The van der Waals surface area contributed by atoms with Gasteiger partial charge in [0.25, 0.3) is 5.91 Å². The van der Waals surface area contributed by atoms with Gasteiger partial charge in [0.15, 0.2) is 0 Å². The summed E-state index contributed by atoms with van der Waals surface area (Å²) in [5.41, 5.74) is -0.569. The Labute approximate surface area is 116 Å². The average Bonchev–Trinajstić information content (AvgIpc) is 2.35. The maximum Gasteiger partial charge on any atom is 0.252 e. The predicted molar refractivity (Wildman–Crippen MR) is 70.6 cm³/mol. The fourth-order valence-corrected chi connectivity index (χ4v) is 1.96. The van der Waals surface area contributed by atoms with Gasteiger partial charge >= 0.3 is 0 Å². The molecule has 0 unspecified atom stereocenters. The van der Waals surface area contributed by atoms with E-state index < -0.39 is 5.54 Å². The molecule has 1 aromatic rings. The largest absolute Gasteiger partial charge is 0.334 e. The molecule has 18 heavy (non-hydrogen) atoms. The normalized spacial score (nSPS) is 10.8. The highest BCUT2D eigenvalue weighted by Gasteiger charge is 2.28. The molecule has 1 N–H and O–H groups in total. The number of nitriles is 1. The van der Waals surface area contributed by atoms with Crippen molar-refractivity contribution in [3.05, 3.63) is 28.0 Å². The summed E-state index contributed by atoms with van der Waals surface area (Å²) in [6.45, 7) is 3.69. The Balaban J connectivity index is 2.98. The van der Waals surface area contributed by atoms with E-state index in [0.29, 0.717) is 18.4 Å². The highest BCUT2D eigenvalue weighted by atomic mass is 35.5. The summed E-state index contributed by atoms with van der Waals surface area (Å²) in [5.74, 6) is -0.383. The van der Waals surface area contributed by atoms with E-state index in [1.165, 1.54) is 12.1 Å². The molecule has 1 amide bonds. The van der Waals surface area contributed by atoms with Gasteiger partial charge in [-0.15, -0.1) is 0 Å². The van der Waals surface area contributed by atoms with Crippen molar-refractivity contribution in [3.8, 4) is 6.07 Å². The van der Waals surface area contributed by atoms with Gasteiger partial charge in [0, 0.05) is 5.56 Å². The highest BCUT2D eigenvalue weighted by molar-refractivity contribution is 6.33. The predicted octanol–water partition coefficient (Wildman–Crippen LogP) is 3.20. The number of hydrogen-bond donors (Lipinski definition) is 1. The molecule has 0 saturated carbocycles. The second-order valence-electron chi connectivity index (χ2n) is 3.86. The lowest BCUT2D eigenvalue weighted by molar-refractivity contribution is 0.0915. The van der Waals surface area contributed by atoms with Gasteiger partial charge in [-0.3, -0.25) is 4.79 Å². The molecular weight excluding hydrogens is 273 g/mol. The Morgan fingerprint density at radius 3 is 2.28 bits per heavy atom. The molecule has 4 nitrogen and oxygen atoms in total. The molecule has 0 atom stereocenters. The van der Waals surface area contributed by atoms with E-state index in [1.807, 2.05) is 13.8 Å². The summed E-state index contributed by atoms with van der Waals surface area (Å²) in [6, 6.07) is 4.96. The second-order valence-corrected chi connectivity index (χ2v) is 4.63. The highest BCUT2D eigenvalue weighted by Crippen LogP contribution is 2.18. The van der Waals surface area contributed by atoms with Crippen LogP contribution in [0.2, 0.25) is 10.3 Å². The van der Waals surface area contributed by atoms with Crippen molar-refractivity contribution >= 4 is 29.1 Å². The molecular formula is C12H13Cl2N3O. The number of hydrogen-bond acceptors (Lipinski definition) is 3. The van der Waals surface area contributed by atoms with Gasteiger partial charge in [-0.1, -0.05) is 37.0 Å². The molecule has 0 aliphatic carbocycles. The molecule has 96 valence electrons. The van der Waals surface area contributed by atoms with Crippen LogP contribution in [0, 0.1) is 11.3 Å². The smallest absolute Gasteiger partial charge is 0.252 e. The van der Waals surface area contributed by atoms with Gasteiger partial charge in [0.2, 0.25) is 0 Å². The van der Waals surface area contributed by atoms with Gasteiger partial charge in [0.1, 0.15) is 15.8 Å². The monoisotopic (exact) mass is 285 g/mol. The molecule has 0 saturated heterocycles. The van der Waals surface area contributed by atoms with Crippen LogP contribution >= 0.6 is 23.2 Å². The minimum Gasteiger partial charge on any atom is -0.334 e. The first-order chi connectivity index (χ1) is 8.46. The summed E-state index contributed by atoms with van der Waals surface area (Å²) in [4.78, 5) is 15.8. The first-order valence-electron chi connectivity index (χ1n) is 5.53. The van der Waals surface area contributed by atoms with Crippen LogP contribution in [0.15, 0.2) is 12.1 Å². The van der Waals surface area contributed by atoms with Crippen LogP contribution < -0.4 is 5.32 Å². The SMILES string of the molecule is CCC(C#N)(CC)NC(=O)c1cc(Cl)nc(Cl)c1. The van der Waals surface area contributed by atoms with Gasteiger partial charge in [-0.2, -0.15) is 5.26 Å². The molecule has 0 aromatic carbocycles. The van der Waals surface area contributed by atoms with Crippen LogP contribution in [-0.4, -0.2) is 16.4 Å². The van der Waals surface area contributed by atoms with Crippen molar-refractivity contribution in [3.63, 3.8) is 0 Å². The summed E-state index contributed by atoms with van der Waals surface area (Å²) < 4.78 is 0. The van der Waals surface area contributed by atoms with E-state index in [9.17, 15) is 4.79 Å². The molecule has 0 aliphatic rings. The molecule has 0 fully saturated rings. The van der Waals surface area contributed by atoms with Gasteiger partial charge in [-0.25, -0.2) is 4.98 Å². The summed E-state index contributed by atoms with van der Waals surface area (Å²) in [5, 5.41) is 12.1. The standard InChI is InChI=1S/C12H13Cl2N3O/c1-3-12(4-2,7-15)17-11(18)8-5-9(13)16-10(14)6-8/h5-6H,3-4H2,1-2H3,(H,17,18). The topological polar surface area (TPSA) is 65.8 Å². The van der Waals surface area contributed by atoms with Crippen molar-refractivity contribution in [1.29, 1.82) is 5.26 Å². The lowest BCUT2D eigenvalue weighted by Crippen LogP contribution is -2.46. The molecule has 0 aliphatic heterocycles. The van der Waals surface area contributed by atoms with Gasteiger partial charge < -0.3 is 5.32 Å². The number of carbonyl (C=O) groups excluding carboxylic acids is 1. The van der Waals surface area contributed by atoms with Gasteiger partial charge in [-0.05, 0) is 25.0 Å². The van der Waals surface area contributed by atoms with Crippen LogP contribution in [-0.2, 0) is 0 Å². The van der Waals surface area contributed by atoms with E-state index >= 15 is 0 Å². The van der Waals surface area contributed by atoms with Crippen molar-refractivity contribution in [2.45, 2.75) is 32.2 Å². The van der Waals surface area contributed by atoms with Crippen LogP contribution in [0.5, 0.6) is 0 Å². The number of carbonyl (C=O) groups is 1. The van der Waals surface area contributed by atoms with Crippen molar-refractivity contribution in [1.82, 2.24) is 10.3 Å². The van der Waals surface area contributed by atoms with E-state index in [1.54, 1.807) is 0 Å². The Morgan fingerprint density at radius 2 is 1.89 bits per heavy atom. The van der Waals surface area contributed by atoms with E-state index in [4.69, 9.17) is 28.5 Å². The zero-order valence-corrected chi connectivity index (χ0v) is 11.6. The third kappa shape index (κ3) is 3.34. The third-order valence-corrected chi connectivity index (χ3v) is 3.19. The first kappa shape index (κ1) is 14.7. The molecule has 0 radical (unpaired) electrons. The number of rotatable bonds is 4. The maximum absolute atomic E-state index is 12.0. The van der Waals surface area contributed by atoms with Crippen LogP contribution in [0.1, 0.15) is 37.0 Å². The number of nitrogens with zero attached hydrogens (tertiary/aromatic N) is 2. The number of amides is 1. The summed E-state index contributed by atoms with van der Waals surface area (Å²) in [7, 11) is 0. The van der Waals surface area contributed by atoms with Crippen LogP contribution in [0.3, 0.4) is 0 Å². The lowest BCUT2D eigenvalue weighted by Gasteiger charge is -2.24. The van der Waals surface area contributed by atoms with Crippen molar-refractivity contribution in [2.24, 2.45) is 0 Å². The molecule has 1 heterocycles. The minimum atomic E-state index is -0.862. The van der Waals surface area contributed by atoms with Crippen LogP contribution in [0.4, 0.5) is 0 Å². The number of aromatic nitrogens is 1. The zero-order valence-electron chi connectivity index (χ0n) is 10.1. The Hall–Kier alpha value is -1.31. The van der Waals surface area contributed by atoms with Gasteiger partial charge in [0.05, 0.1) is 6.07 Å². The second kappa shape index (κ2) is 6.03. The third-order valence-electron chi connectivity index (χ3n) is 2.80. The van der Waals surface area contributed by atoms with E-state index in [-0.39, 0.29) is 16.2 Å². The first-order valence-corrected chi connectivity index (χ1v) is 6.28. The molecule has 1 rings (SSSR count). The minimum absolute atomic E-state index is 0.142. The van der Waals surface area contributed by atoms with Crippen molar-refractivity contribution < 1.29 is 4.79 Å². The number of pyridine rings is 1. The molecule has 1 aromatic heterocycles. The summed E-state index contributed by atoms with van der Waals surface area (Å²) >= 11 is 11.5. The van der Waals surface area contributed by atoms with E-state index in [2.05, 4.69) is 16.4 Å². The van der Waals surface area contributed by atoms with E-state index in [0.717, 1.165) is 0 Å². The molecule has 0 spiro atoms. The Kier molecular flexibility index (Phi) is 4.94. The summed E-state index contributed by atoms with van der Waals surface area (Å²) in [6.07, 6.45) is 1.05. The fraction of sp³-hybridized carbons (Fsp3) is 0.417. The molecule has 0 bridgehead atoms. The Morgan fingerprint density at radius 1 is 1.39 bits per heavy atom. The zero-order chi connectivity index (χ0) is 13.8. The maximum atomic E-state index is 12.0. The lowest BCUT2D eigenvalue weighted by atomic mass is 9.94. The average molecular weight is 286 g/mol. The Bertz CT molecular complexity index is 472. The molecule has 6 heteroatoms. The van der Waals surface area contributed by atoms with Crippen molar-refractivity contribution in [2.75, 3.05) is 0 Å². The number of nitrogens with one attached hydrogen (secondary N) is 1.